The molecule has 3 rings (SSSR count). The SMILES string of the molecule is COc1ccccc1N(C(C)=O)c1nc(CSc2ccc(C(C)C)cc2)cs1. The van der Waals surface area contributed by atoms with Crippen LogP contribution < -0.4 is 9.64 Å². The van der Waals surface area contributed by atoms with Crippen LogP contribution in [0.15, 0.2) is 58.8 Å². The molecule has 0 N–H and O–H groups in total. The molecule has 1 aromatic heterocycles. The highest BCUT2D eigenvalue weighted by molar-refractivity contribution is 7.98. The van der Waals surface area contributed by atoms with Crippen LogP contribution in [0.5, 0.6) is 5.75 Å². The molecule has 0 fully saturated rings. The molecule has 0 aliphatic heterocycles. The Balaban J connectivity index is 1.75. The highest BCUT2D eigenvalue weighted by Gasteiger charge is 2.21. The quantitative estimate of drug-likeness (QED) is 0.430. The number of aromatic nitrogens is 1. The Bertz CT molecular complexity index is 936. The van der Waals surface area contributed by atoms with Crippen LogP contribution in [0, 0.1) is 0 Å². The zero-order valence-electron chi connectivity index (χ0n) is 16.5. The average Bonchev–Trinajstić information content (AvgIpc) is 3.15. The fourth-order valence-corrected chi connectivity index (χ4v) is 4.57. The maximum atomic E-state index is 12.3. The van der Waals surface area contributed by atoms with Crippen molar-refractivity contribution >= 4 is 39.8 Å². The van der Waals surface area contributed by atoms with Crippen LogP contribution >= 0.6 is 23.1 Å². The van der Waals surface area contributed by atoms with Gasteiger partial charge in [0.15, 0.2) is 5.13 Å². The Labute approximate surface area is 174 Å². The van der Waals surface area contributed by atoms with E-state index in [9.17, 15) is 4.79 Å². The second-order valence-corrected chi connectivity index (χ2v) is 8.55. The molecule has 0 bridgehead atoms. The van der Waals surface area contributed by atoms with Gasteiger partial charge >= 0.3 is 0 Å². The highest BCUT2D eigenvalue weighted by Crippen LogP contribution is 2.36. The number of hydrogen-bond donors (Lipinski definition) is 0. The molecule has 2 aromatic carbocycles. The molecule has 0 radical (unpaired) electrons. The normalized spacial score (nSPS) is 10.9. The smallest absolute Gasteiger partial charge is 0.230 e. The number of methoxy groups -OCH3 is 1. The topological polar surface area (TPSA) is 42.4 Å². The number of rotatable bonds is 7. The Morgan fingerprint density at radius 3 is 2.54 bits per heavy atom. The van der Waals surface area contributed by atoms with Gasteiger partial charge in [-0.05, 0) is 35.7 Å². The van der Waals surface area contributed by atoms with Crippen molar-refractivity contribution in [2.24, 2.45) is 0 Å². The standard InChI is InChI=1S/C22H24N2O2S2/c1-15(2)17-9-11-19(12-10-17)27-13-18-14-28-22(23-18)24(16(3)25)20-7-5-6-8-21(20)26-4/h5-12,14-15H,13H2,1-4H3. The monoisotopic (exact) mass is 412 g/mol. The Morgan fingerprint density at radius 2 is 1.89 bits per heavy atom. The summed E-state index contributed by atoms with van der Waals surface area (Å²) in [6, 6.07) is 16.2. The summed E-state index contributed by atoms with van der Waals surface area (Å²) in [5, 5.41) is 2.67. The third kappa shape index (κ3) is 4.75. The van der Waals surface area contributed by atoms with E-state index in [-0.39, 0.29) is 5.91 Å². The first-order valence-corrected chi connectivity index (χ1v) is 11.0. The molecule has 146 valence electrons. The number of carbonyl (C=O) groups excluding carboxylic acids is 1. The van der Waals surface area contributed by atoms with Crippen molar-refractivity contribution in [3.05, 3.63) is 65.2 Å². The first kappa shape index (κ1) is 20.4. The van der Waals surface area contributed by atoms with Crippen molar-refractivity contribution in [3.63, 3.8) is 0 Å². The van der Waals surface area contributed by atoms with Gasteiger partial charge in [-0.15, -0.1) is 23.1 Å². The Kier molecular flexibility index (Phi) is 6.75. The number of para-hydroxylation sites is 2. The minimum atomic E-state index is -0.0951. The third-order valence-corrected chi connectivity index (χ3v) is 6.23. The van der Waals surface area contributed by atoms with Crippen LogP contribution in [0.4, 0.5) is 10.8 Å². The first-order chi connectivity index (χ1) is 13.5. The van der Waals surface area contributed by atoms with E-state index in [0.717, 1.165) is 11.4 Å². The van der Waals surface area contributed by atoms with E-state index >= 15 is 0 Å². The molecule has 0 atom stereocenters. The lowest BCUT2D eigenvalue weighted by molar-refractivity contribution is -0.115. The van der Waals surface area contributed by atoms with Gasteiger partial charge in [-0.1, -0.05) is 38.1 Å². The second kappa shape index (κ2) is 9.26. The van der Waals surface area contributed by atoms with E-state index in [1.165, 1.54) is 21.8 Å². The molecule has 0 aliphatic rings. The molecular weight excluding hydrogens is 388 g/mol. The zero-order valence-corrected chi connectivity index (χ0v) is 18.1. The zero-order chi connectivity index (χ0) is 20.1. The molecule has 0 aliphatic carbocycles. The van der Waals surface area contributed by atoms with Crippen molar-refractivity contribution in [3.8, 4) is 5.75 Å². The lowest BCUT2D eigenvalue weighted by Crippen LogP contribution is -2.23. The first-order valence-electron chi connectivity index (χ1n) is 9.10. The summed E-state index contributed by atoms with van der Waals surface area (Å²) in [5.41, 5.74) is 3.00. The molecular formula is C22H24N2O2S2. The molecule has 0 unspecified atom stereocenters. The summed E-state index contributed by atoms with van der Waals surface area (Å²) < 4.78 is 5.42. The van der Waals surface area contributed by atoms with E-state index in [1.54, 1.807) is 30.7 Å². The van der Waals surface area contributed by atoms with Gasteiger partial charge < -0.3 is 4.74 Å². The van der Waals surface area contributed by atoms with E-state index < -0.39 is 0 Å². The van der Waals surface area contributed by atoms with Crippen LogP contribution in [0.3, 0.4) is 0 Å². The minimum Gasteiger partial charge on any atom is -0.495 e. The molecule has 0 saturated heterocycles. The highest BCUT2D eigenvalue weighted by atomic mass is 32.2. The number of benzene rings is 2. The lowest BCUT2D eigenvalue weighted by atomic mass is 10.0. The van der Waals surface area contributed by atoms with Gasteiger partial charge in [-0.3, -0.25) is 9.69 Å². The summed E-state index contributed by atoms with van der Waals surface area (Å²) in [6.07, 6.45) is 0. The van der Waals surface area contributed by atoms with E-state index in [4.69, 9.17) is 9.72 Å². The van der Waals surface area contributed by atoms with Crippen molar-refractivity contribution in [2.75, 3.05) is 12.0 Å². The predicted octanol–water partition coefficient (Wildman–Crippen LogP) is 6.25. The number of ether oxygens (including phenoxy) is 1. The Hall–Kier alpha value is -2.31. The average molecular weight is 413 g/mol. The minimum absolute atomic E-state index is 0.0951. The summed E-state index contributed by atoms with van der Waals surface area (Å²) >= 11 is 3.21. The van der Waals surface area contributed by atoms with Gasteiger partial charge in [0.2, 0.25) is 5.91 Å². The molecule has 4 nitrogen and oxygen atoms in total. The Morgan fingerprint density at radius 1 is 1.18 bits per heavy atom. The number of hydrogen-bond acceptors (Lipinski definition) is 5. The van der Waals surface area contributed by atoms with E-state index in [0.29, 0.717) is 22.5 Å². The number of nitrogens with zero attached hydrogens (tertiary/aromatic N) is 2. The maximum absolute atomic E-state index is 12.3. The largest absolute Gasteiger partial charge is 0.495 e. The van der Waals surface area contributed by atoms with Crippen molar-refractivity contribution in [1.29, 1.82) is 0 Å². The van der Waals surface area contributed by atoms with Crippen molar-refractivity contribution in [1.82, 2.24) is 4.98 Å². The third-order valence-electron chi connectivity index (χ3n) is 4.31. The predicted molar refractivity (Wildman–Crippen MR) is 118 cm³/mol. The fraction of sp³-hybridized carbons (Fsp3) is 0.273. The number of anilines is 2. The van der Waals surface area contributed by atoms with Gasteiger partial charge in [0, 0.05) is 23.0 Å². The van der Waals surface area contributed by atoms with Crippen LogP contribution in [-0.4, -0.2) is 18.0 Å². The van der Waals surface area contributed by atoms with Crippen molar-refractivity contribution in [2.45, 2.75) is 37.3 Å². The van der Waals surface area contributed by atoms with Crippen LogP contribution in [0.2, 0.25) is 0 Å². The van der Waals surface area contributed by atoms with Crippen LogP contribution in [-0.2, 0) is 10.5 Å². The van der Waals surface area contributed by atoms with Crippen molar-refractivity contribution < 1.29 is 9.53 Å². The molecule has 1 amide bonds. The summed E-state index contributed by atoms with van der Waals surface area (Å²) in [6.45, 7) is 5.93. The summed E-state index contributed by atoms with van der Waals surface area (Å²) in [7, 11) is 1.60. The molecule has 0 saturated carbocycles. The molecule has 28 heavy (non-hydrogen) atoms. The van der Waals surface area contributed by atoms with Crippen LogP contribution in [0.25, 0.3) is 0 Å². The summed E-state index contributed by atoms with van der Waals surface area (Å²) in [5.74, 6) is 1.85. The molecule has 0 spiro atoms. The molecule has 6 heteroatoms. The van der Waals surface area contributed by atoms with Gasteiger partial charge in [0.25, 0.3) is 0 Å². The number of carbonyl (C=O) groups is 1. The fourth-order valence-electron chi connectivity index (χ4n) is 2.79. The number of amides is 1. The number of thiazole rings is 1. The van der Waals surface area contributed by atoms with E-state index in [1.807, 2.05) is 29.6 Å². The van der Waals surface area contributed by atoms with Gasteiger partial charge in [-0.25, -0.2) is 4.98 Å². The van der Waals surface area contributed by atoms with Gasteiger partial charge in [0.1, 0.15) is 5.75 Å². The summed E-state index contributed by atoms with van der Waals surface area (Å²) in [4.78, 5) is 19.8. The van der Waals surface area contributed by atoms with E-state index in [2.05, 4.69) is 38.1 Å². The maximum Gasteiger partial charge on any atom is 0.230 e. The molecule has 3 aromatic rings. The lowest BCUT2D eigenvalue weighted by Gasteiger charge is -2.20. The van der Waals surface area contributed by atoms with Gasteiger partial charge in [0.05, 0.1) is 18.5 Å². The number of thioether (sulfide) groups is 1. The molecule has 1 heterocycles. The van der Waals surface area contributed by atoms with Gasteiger partial charge in [-0.2, -0.15) is 0 Å². The second-order valence-electron chi connectivity index (χ2n) is 6.66. The van der Waals surface area contributed by atoms with Crippen LogP contribution in [0.1, 0.15) is 37.9 Å².